The number of hydrogen-bond donors (Lipinski definition) is 0. The van der Waals surface area contributed by atoms with Gasteiger partial charge in [0, 0.05) is 11.6 Å². The molecule has 0 aliphatic carbocycles. The maximum atomic E-state index is 5.91. The molecule has 0 fully saturated rings. The first-order chi connectivity index (χ1) is 13.1. The van der Waals surface area contributed by atoms with Gasteiger partial charge in [0.05, 0.1) is 13.2 Å². The molecule has 4 heteroatoms. The van der Waals surface area contributed by atoms with E-state index in [1.165, 1.54) is 5.56 Å². The second-order valence-corrected chi connectivity index (χ2v) is 7.39. The molecule has 1 heterocycles. The Morgan fingerprint density at radius 1 is 0.741 bits per heavy atom. The summed E-state index contributed by atoms with van der Waals surface area (Å²) in [6.07, 6.45) is 1.78. The number of pyridine rings is 1. The average molecular weight is 365 g/mol. The van der Waals surface area contributed by atoms with E-state index in [-0.39, 0.29) is 5.41 Å². The van der Waals surface area contributed by atoms with Crippen molar-refractivity contribution in [1.29, 1.82) is 0 Å². The Morgan fingerprint density at radius 2 is 1.41 bits per heavy atom. The molecule has 0 spiro atoms. The largest absolute Gasteiger partial charge is 0.491 e. The summed E-state index contributed by atoms with van der Waals surface area (Å²) in [6.45, 7) is 8.59. The fourth-order valence-corrected chi connectivity index (χ4v) is 2.93. The van der Waals surface area contributed by atoms with Gasteiger partial charge in [0.1, 0.15) is 30.2 Å². The molecule has 3 aromatic rings. The van der Waals surface area contributed by atoms with Gasteiger partial charge in [0.25, 0.3) is 0 Å². The van der Waals surface area contributed by atoms with Gasteiger partial charge >= 0.3 is 0 Å². The van der Waals surface area contributed by atoms with Crippen LogP contribution >= 0.6 is 0 Å². The number of para-hydroxylation sites is 2. The Balaban J connectivity index is 1.40. The standard InChI is InChI=1S/C23H27NO3/c1-23(2,3)19-10-4-5-11-20(19)26-16-14-25-15-17-27-21-12-6-8-18-9-7-13-24-22(18)21/h4-13H,14-17H2,1-3H3. The second-order valence-electron chi connectivity index (χ2n) is 7.39. The zero-order valence-corrected chi connectivity index (χ0v) is 16.3. The average Bonchev–Trinajstić information content (AvgIpc) is 2.67. The molecule has 0 saturated carbocycles. The summed E-state index contributed by atoms with van der Waals surface area (Å²) in [4.78, 5) is 4.39. The van der Waals surface area contributed by atoms with Crippen LogP contribution in [-0.2, 0) is 10.2 Å². The third-order valence-electron chi connectivity index (χ3n) is 4.26. The first-order valence-corrected chi connectivity index (χ1v) is 9.32. The summed E-state index contributed by atoms with van der Waals surface area (Å²) in [6, 6.07) is 18.0. The number of fused-ring (bicyclic) bond motifs is 1. The third kappa shape index (κ3) is 5.20. The number of rotatable bonds is 8. The Hall–Kier alpha value is -2.59. The van der Waals surface area contributed by atoms with Crippen molar-refractivity contribution in [3.05, 3.63) is 66.4 Å². The Morgan fingerprint density at radius 3 is 2.19 bits per heavy atom. The number of nitrogens with zero attached hydrogens (tertiary/aromatic N) is 1. The van der Waals surface area contributed by atoms with Gasteiger partial charge in [-0.25, -0.2) is 0 Å². The van der Waals surface area contributed by atoms with Gasteiger partial charge in [-0.15, -0.1) is 0 Å². The minimum atomic E-state index is 0.0534. The molecular weight excluding hydrogens is 338 g/mol. The number of ether oxygens (including phenoxy) is 3. The molecule has 0 aliphatic rings. The first kappa shape index (κ1) is 19.2. The minimum Gasteiger partial charge on any atom is -0.491 e. The zero-order valence-electron chi connectivity index (χ0n) is 16.3. The van der Waals surface area contributed by atoms with Crippen molar-refractivity contribution in [1.82, 2.24) is 4.98 Å². The SMILES string of the molecule is CC(C)(C)c1ccccc1OCCOCCOc1cccc2cccnc12. The molecule has 0 N–H and O–H groups in total. The second kappa shape index (κ2) is 8.87. The van der Waals surface area contributed by atoms with E-state index in [1.54, 1.807) is 6.20 Å². The molecule has 0 aliphatic heterocycles. The minimum absolute atomic E-state index is 0.0534. The summed E-state index contributed by atoms with van der Waals surface area (Å²) < 4.78 is 17.4. The molecule has 2 aromatic carbocycles. The molecule has 0 radical (unpaired) electrons. The van der Waals surface area contributed by atoms with Crippen LogP contribution in [0.25, 0.3) is 10.9 Å². The lowest BCUT2D eigenvalue weighted by molar-refractivity contribution is 0.0763. The van der Waals surface area contributed by atoms with Crippen molar-refractivity contribution >= 4 is 10.9 Å². The summed E-state index contributed by atoms with van der Waals surface area (Å²) in [5.74, 6) is 1.71. The quantitative estimate of drug-likeness (QED) is 0.526. The molecule has 0 amide bonds. The summed E-state index contributed by atoms with van der Waals surface area (Å²) >= 11 is 0. The molecule has 0 atom stereocenters. The van der Waals surface area contributed by atoms with Crippen LogP contribution in [0.4, 0.5) is 0 Å². The summed E-state index contributed by atoms with van der Waals surface area (Å²) in [7, 11) is 0. The molecule has 0 bridgehead atoms. The predicted octanol–water partition coefficient (Wildman–Crippen LogP) is 5.01. The van der Waals surface area contributed by atoms with Crippen LogP contribution in [0.3, 0.4) is 0 Å². The van der Waals surface area contributed by atoms with Gasteiger partial charge in [0.2, 0.25) is 0 Å². The zero-order chi connectivity index (χ0) is 19.1. The molecule has 0 unspecified atom stereocenters. The van der Waals surface area contributed by atoms with E-state index < -0.39 is 0 Å². The number of benzene rings is 2. The molecule has 4 nitrogen and oxygen atoms in total. The van der Waals surface area contributed by atoms with Gasteiger partial charge in [0.15, 0.2) is 0 Å². The van der Waals surface area contributed by atoms with Gasteiger partial charge in [-0.2, -0.15) is 0 Å². The van der Waals surface area contributed by atoms with Crippen LogP contribution in [-0.4, -0.2) is 31.4 Å². The summed E-state index contributed by atoms with van der Waals surface area (Å²) in [5, 5.41) is 1.07. The molecule has 1 aromatic heterocycles. The Kier molecular flexibility index (Phi) is 6.30. The molecule has 0 saturated heterocycles. The Labute approximate surface area is 161 Å². The first-order valence-electron chi connectivity index (χ1n) is 9.32. The third-order valence-corrected chi connectivity index (χ3v) is 4.26. The van der Waals surface area contributed by atoms with Crippen LogP contribution in [0.2, 0.25) is 0 Å². The van der Waals surface area contributed by atoms with Gasteiger partial charge in [-0.1, -0.05) is 57.2 Å². The smallest absolute Gasteiger partial charge is 0.145 e. The lowest BCUT2D eigenvalue weighted by Gasteiger charge is -2.22. The maximum Gasteiger partial charge on any atom is 0.145 e. The highest BCUT2D eigenvalue weighted by Gasteiger charge is 2.18. The lowest BCUT2D eigenvalue weighted by Crippen LogP contribution is -2.16. The van der Waals surface area contributed by atoms with E-state index in [2.05, 4.69) is 31.8 Å². The van der Waals surface area contributed by atoms with Crippen LogP contribution in [0.1, 0.15) is 26.3 Å². The van der Waals surface area contributed by atoms with Crippen molar-refractivity contribution in [2.24, 2.45) is 0 Å². The van der Waals surface area contributed by atoms with Gasteiger partial charge < -0.3 is 14.2 Å². The highest BCUT2D eigenvalue weighted by Crippen LogP contribution is 2.30. The predicted molar refractivity (Wildman–Crippen MR) is 109 cm³/mol. The maximum absolute atomic E-state index is 5.91. The van der Waals surface area contributed by atoms with E-state index in [1.807, 2.05) is 48.5 Å². The van der Waals surface area contributed by atoms with Crippen LogP contribution in [0.15, 0.2) is 60.8 Å². The van der Waals surface area contributed by atoms with Crippen molar-refractivity contribution in [3.8, 4) is 11.5 Å². The van der Waals surface area contributed by atoms with E-state index in [4.69, 9.17) is 14.2 Å². The van der Waals surface area contributed by atoms with E-state index in [9.17, 15) is 0 Å². The number of hydrogen-bond acceptors (Lipinski definition) is 4. The van der Waals surface area contributed by atoms with E-state index >= 15 is 0 Å². The van der Waals surface area contributed by atoms with Crippen molar-refractivity contribution in [2.75, 3.05) is 26.4 Å². The lowest BCUT2D eigenvalue weighted by atomic mass is 9.86. The summed E-state index contributed by atoms with van der Waals surface area (Å²) in [5.41, 5.74) is 2.14. The van der Waals surface area contributed by atoms with Crippen LogP contribution < -0.4 is 9.47 Å². The highest BCUT2D eigenvalue weighted by atomic mass is 16.5. The van der Waals surface area contributed by atoms with Crippen molar-refractivity contribution in [2.45, 2.75) is 26.2 Å². The normalized spacial score (nSPS) is 11.5. The van der Waals surface area contributed by atoms with E-state index in [0.29, 0.717) is 26.4 Å². The van der Waals surface area contributed by atoms with Crippen molar-refractivity contribution in [3.63, 3.8) is 0 Å². The molecule has 3 rings (SSSR count). The monoisotopic (exact) mass is 365 g/mol. The van der Waals surface area contributed by atoms with Crippen LogP contribution in [0, 0.1) is 0 Å². The van der Waals surface area contributed by atoms with Crippen molar-refractivity contribution < 1.29 is 14.2 Å². The Bertz CT molecular complexity index is 865. The van der Waals surface area contributed by atoms with E-state index in [0.717, 1.165) is 22.4 Å². The molecule has 27 heavy (non-hydrogen) atoms. The number of aromatic nitrogens is 1. The molecular formula is C23H27NO3. The topological polar surface area (TPSA) is 40.6 Å². The van der Waals surface area contributed by atoms with Gasteiger partial charge in [-0.05, 0) is 29.2 Å². The van der Waals surface area contributed by atoms with Gasteiger partial charge in [-0.3, -0.25) is 4.98 Å². The fourth-order valence-electron chi connectivity index (χ4n) is 2.93. The molecule has 142 valence electrons. The van der Waals surface area contributed by atoms with Crippen LogP contribution in [0.5, 0.6) is 11.5 Å². The fraction of sp³-hybridized carbons (Fsp3) is 0.348. The highest BCUT2D eigenvalue weighted by molar-refractivity contribution is 5.84.